The van der Waals surface area contributed by atoms with Crippen molar-refractivity contribution in [2.24, 2.45) is 11.8 Å². The molecule has 0 amide bonds. The van der Waals surface area contributed by atoms with Crippen LogP contribution >= 0.6 is 0 Å². The molecule has 0 bridgehead atoms. The number of imidazole rings is 1. The molecular formula is C27H35N5O. The normalized spacial score (nSPS) is 21.8. The Morgan fingerprint density at radius 3 is 2.45 bits per heavy atom. The summed E-state index contributed by atoms with van der Waals surface area (Å²) in [6.07, 6.45) is 17.6. The third-order valence-corrected chi connectivity index (χ3v) is 7.52. The van der Waals surface area contributed by atoms with Crippen LogP contribution in [0.3, 0.4) is 0 Å². The molecule has 0 radical (unpaired) electrons. The Morgan fingerprint density at radius 2 is 1.73 bits per heavy atom. The maximum absolute atomic E-state index is 11.9. The van der Waals surface area contributed by atoms with Gasteiger partial charge in [0.15, 0.2) is 0 Å². The zero-order chi connectivity index (χ0) is 22.8. The van der Waals surface area contributed by atoms with Gasteiger partial charge in [-0.25, -0.2) is 9.97 Å². The maximum Gasteiger partial charge on any atom is 0.275 e. The molecule has 2 N–H and O–H groups in total. The van der Waals surface area contributed by atoms with Crippen LogP contribution in [0.25, 0.3) is 33.2 Å². The monoisotopic (exact) mass is 445 g/mol. The summed E-state index contributed by atoms with van der Waals surface area (Å²) in [6, 6.07) is 6.88. The Kier molecular flexibility index (Phi) is 6.34. The molecule has 4 aromatic rings. The van der Waals surface area contributed by atoms with Gasteiger partial charge in [-0.2, -0.15) is 0 Å². The lowest BCUT2D eigenvalue weighted by atomic mass is 9.84. The van der Waals surface area contributed by atoms with Gasteiger partial charge in [-0.3, -0.25) is 4.79 Å². The number of aromatic amines is 2. The molecule has 2 atom stereocenters. The second-order valence-corrected chi connectivity index (χ2v) is 10.2. The number of fused-ring (bicyclic) bond motifs is 2. The molecule has 2 saturated carbocycles. The number of nitrogens with zero attached hydrogens (tertiary/aromatic N) is 3. The molecule has 1 aromatic carbocycles. The lowest BCUT2D eigenvalue weighted by molar-refractivity contribution is 0.301. The first-order chi connectivity index (χ1) is 16.1. The van der Waals surface area contributed by atoms with Crippen LogP contribution in [0.4, 0.5) is 0 Å². The van der Waals surface area contributed by atoms with Gasteiger partial charge < -0.3 is 14.5 Å². The molecule has 174 valence electrons. The Bertz CT molecular complexity index is 1270. The number of hydrogen-bond acceptors (Lipinski definition) is 3. The fraction of sp³-hybridized carbons (Fsp3) is 0.519. The molecule has 2 unspecified atom stereocenters. The number of nitrogens with one attached hydrogen (secondary N) is 2. The minimum Gasteiger partial charge on any atom is -0.355 e. The van der Waals surface area contributed by atoms with Gasteiger partial charge in [0, 0.05) is 17.8 Å². The van der Waals surface area contributed by atoms with Crippen molar-refractivity contribution in [2.75, 3.05) is 0 Å². The lowest BCUT2D eigenvalue weighted by Gasteiger charge is -2.23. The van der Waals surface area contributed by atoms with E-state index in [4.69, 9.17) is 0 Å². The van der Waals surface area contributed by atoms with E-state index in [1.165, 1.54) is 69.6 Å². The number of aromatic nitrogens is 5. The minimum absolute atomic E-state index is 0.154. The zero-order valence-electron chi connectivity index (χ0n) is 19.8. The highest BCUT2D eigenvalue weighted by molar-refractivity contribution is 5.94. The highest BCUT2D eigenvalue weighted by atomic mass is 16.1. The van der Waals surface area contributed by atoms with Gasteiger partial charge in [-0.1, -0.05) is 58.4 Å². The van der Waals surface area contributed by atoms with E-state index >= 15 is 0 Å². The van der Waals surface area contributed by atoms with Crippen molar-refractivity contribution in [1.29, 1.82) is 0 Å². The first kappa shape index (κ1) is 21.9. The van der Waals surface area contributed by atoms with E-state index in [1.54, 1.807) is 0 Å². The molecule has 6 heteroatoms. The van der Waals surface area contributed by atoms with Crippen molar-refractivity contribution in [3.05, 3.63) is 47.4 Å². The third kappa shape index (κ3) is 4.61. The molecule has 3 aromatic heterocycles. The SMILES string of the molecule is CC1CCCC(C)C1.O=c1[nH]cnc2c(-c3ccc4c(c3)ncn4C3CCCCC3)c[nH]c12. The van der Waals surface area contributed by atoms with E-state index in [0.717, 1.165) is 28.5 Å². The van der Waals surface area contributed by atoms with Crippen molar-refractivity contribution in [2.45, 2.75) is 77.7 Å². The van der Waals surface area contributed by atoms with Gasteiger partial charge in [0.05, 0.1) is 23.7 Å². The highest BCUT2D eigenvalue weighted by Gasteiger charge is 2.18. The quantitative estimate of drug-likeness (QED) is 0.364. The van der Waals surface area contributed by atoms with Crippen LogP contribution < -0.4 is 5.56 Å². The Morgan fingerprint density at radius 1 is 0.939 bits per heavy atom. The molecule has 2 aliphatic rings. The lowest BCUT2D eigenvalue weighted by Crippen LogP contribution is -2.11. The standard InChI is InChI=1S/C19H19N5O.C8H16/c25-19-18-17(21-10-22-19)14(9-20-18)12-6-7-16-15(8-12)23-11-24(16)13-4-2-1-3-5-13;1-7-4-3-5-8(2)6-7/h6-11,13,20H,1-5H2,(H,21,22,25);7-8H,3-6H2,1-2H3. The van der Waals surface area contributed by atoms with Gasteiger partial charge in [-0.15, -0.1) is 0 Å². The summed E-state index contributed by atoms with van der Waals surface area (Å²) in [5.41, 5.74) is 5.16. The summed E-state index contributed by atoms with van der Waals surface area (Å²) in [5, 5.41) is 0. The molecule has 0 spiro atoms. The van der Waals surface area contributed by atoms with E-state index < -0.39 is 0 Å². The van der Waals surface area contributed by atoms with Gasteiger partial charge in [0.2, 0.25) is 0 Å². The molecule has 6 rings (SSSR count). The number of rotatable bonds is 2. The van der Waals surface area contributed by atoms with Gasteiger partial charge in [0.1, 0.15) is 11.0 Å². The molecule has 0 saturated heterocycles. The first-order valence-electron chi connectivity index (χ1n) is 12.6. The van der Waals surface area contributed by atoms with E-state index in [-0.39, 0.29) is 5.56 Å². The topological polar surface area (TPSA) is 79.4 Å². The molecule has 2 aliphatic carbocycles. The van der Waals surface area contributed by atoms with Crippen molar-refractivity contribution in [3.8, 4) is 11.1 Å². The van der Waals surface area contributed by atoms with Crippen LogP contribution in [0, 0.1) is 11.8 Å². The predicted molar refractivity (Wildman–Crippen MR) is 134 cm³/mol. The molecule has 2 fully saturated rings. The summed E-state index contributed by atoms with van der Waals surface area (Å²) in [7, 11) is 0. The maximum atomic E-state index is 11.9. The molecule has 6 nitrogen and oxygen atoms in total. The summed E-state index contributed by atoms with van der Waals surface area (Å²) >= 11 is 0. The highest BCUT2D eigenvalue weighted by Crippen LogP contribution is 2.33. The summed E-state index contributed by atoms with van der Waals surface area (Å²) in [4.78, 5) is 26.4. The smallest absolute Gasteiger partial charge is 0.275 e. The Hall–Kier alpha value is -2.89. The minimum atomic E-state index is -0.154. The van der Waals surface area contributed by atoms with Crippen LogP contribution in [0.1, 0.15) is 77.7 Å². The van der Waals surface area contributed by atoms with Crippen molar-refractivity contribution < 1.29 is 0 Å². The molecule has 33 heavy (non-hydrogen) atoms. The Labute approximate surface area is 194 Å². The first-order valence-corrected chi connectivity index (χ1v) is 12.6. The van der Waals surface area contributed by atoms with Crippen molar-refractivity contribution in [1.82, 2.24) is 24.5 Å². The van der Waals surface area contributed by atoms with E-state index in [9.17, 15) is 4.79 Å². The molecular weight excluding hydrogens is 410 g/mol. The number of benzene rings is 1. The van der Waals surface area contributed by atoms with Gasteiger partial charge >= 0.3 is 0 Å². The fourth-order valence-electron chi connectivity index (χ4n) is 5.76. The Balaban J connectivity index is 0.000000243. The fourth-order valence-corrected chi connectivity index (χ4v) is 5.76. The van der Waals surface area contributed by atoms with Crippen LogP contribution in [-0.4, -0.2) is 24.5 Å². The molecule has 3 heterocycles. The summed E-state index contributed by atoms with van der Waals surface area (Å²) in [6.45, 7) is 4.74. The summed E-state index contributed by atoms with van der Waals surface area (Å²) in [5.74, 6) is 2.03. The molecule has 0 aliphatic heterocycles. The predicted octanol–water partition coefficient (Wildman–Crippen LogP) is 6.61. The van der Waals surface area contributed by atoms with E-state index in [2.05, 4.69) is 56.5 Å². The van der Waals surface area contributed by atoms with Crippen molar-refractivity contribution >= 4 is 22.1 Å². The van der Waals surface area contributed by atoms with E-state index in [0.29, 0.717) is 17.1 Å². The number of H-pyrrole nitrogens is 2. The summed E-state index contributed by atoms with van der Waals surface area (Å²) < 4.78 is 2.33. The van der Waals surface area contributed by atoms with Crippen molar-refractivity contribution in [3.63, 3.8) is 0 Å². The van der Waals surface area contributed by atoms with Gasteiger partial charge in [0.25, 0.3) is 5.56 Å². The average Bonchev–Trinajstić information content (AvgIpc) is 3.45. The van der Waals surface area contributed by atoms with Crippen LogP contribution in [0.15, 0.2) is 41.8 Å². The zero-order valence-corrected chi connectivity index (χ0v) is 19.8. The van der Waals surface area contributed by atoms with Crippen LogP contribution in [-0.2, 0) is 0 Å². The number of hydrogen-bond donors (Lipinski definition) is 2. The van der Waals surface area contributed by atoms with Gasteiger partial charge in [-0.05, 0) is 48.8 Å². The largest absolute Gasteiger partial charge is 0.355 e. The van der Waals surface area contributed by atoms with Crippen LogP contribution in [0.5, 0.6) is 0 Å². The third-order valence-electron chi connectivity index (χ3n) is 7.52. The second-order valence-electron chi connectivity index (χ2n) is 10.2. The van der Waals surface area contributed by atoms with Crippen LogP contribution in [0.2, 0.25) is 0 Å². The van der Waals surface area contributed by atoms with E-state index in [1.807, 2.05) is 12.5 Å². The second kappa shape index (κ2) is 9.54. The average molecular weight is 446 g/mol.